The van der Waals surface area contributed by atoms with Gasteiger partial charge in [-0.15, -0.1) is 0 Å². The van der Waals surface area contributed by atoms with Crippen LogP contribution in [0.25, 0.3) is 6.08 Å². The fourth-order valence-electron chi connectivity index (χ4n) is 1.74. The quantitative estimate of drug-likeness (QED) is 0.855. The predicted molar refractivity (Wildman–Crippen MR) is 70.9 cm³/mol. The van der Waals surface area contributed by atoms with Crippen molar-refractivity contribution in [1.82, 2.24) is 0 Å². The number of fused-ring (bicyclic) bond motifs is 1. The third kappa shape index (κ3) is 2.20. The highest BCUT2D eigenvalue weighted by atomic mass is 35.5. The molecule has 0 unspecified atom stereocenters. The van der Waals surface area contributed by atoms with E-state index in [-0.39, 0.29) is 20.6 Å². The lowest BCUT2D eigenvalue weighted by molar-refractivity contribution is 0.594. The topological polar surface area (TPSA) is 68.3 Å². The average Bonchev–Trinajstić information content (AvgIpc) is 2.51. The van der Waals surface area contributed by atoms with Gasteiger partial charge in [-0.25, -0.2) is 16.8 Å². The lowest BCUT2D eigenvalue weighted by Gasteiger charge is -2.05. The second-order valence-electron chi connectivity index (χ2n) is 3.95. The fourth-order valence-corrected chi connectivity index (χ4v) is 5.42. The number of halogens is 1. The number of benzene rings is 1. The maximum atomic E-state index is 12.2. The second-order valence-corrected chi connectivity index (χ2v) is 8.65. The highest BCUT2D eigenvalue weighted by molar-refractivity contribution is 7.98. The largest absolute Gasteiger partial charge is 0.228 e. The molecule has 1 aromatic carbocycles. The molecule has 0 amide bonds. The molecule has 18 heavy (non-hydrogen) atoms. The van der Waals surface area contributed by atoms with Gasteiger partial charge in [-0.2, -0.15) is 0 Å². The molecule has 4 nitrogen and oxygen atoms in total. The fraction of sp³-hybridized carbons (Fsp3) is 0.273. The Hall–Kier alpha value is -0.850. The highest BCUT2D eigenvalue weighted by Crippen LogP contribution is 2.37. The standard InChI is InChI=1S/C11H11ClO4S2/c1-2-17(13,14)7-9-6-8-4-3-5-10(12)11(8)18(9,15)16/h3-6H,2,7H2,1H3. The number of rotatable bonds is 3. The molecule has 0 spiro atoms. The first-order valence-electron chi connectivity index (χ1n) is 5.22. The molecule has 2 rings (SSSR count). The zero-order valence-electron chi connectivity index (χ0n) is 9.55. The smallest absolute Gasteiger partial charge is 0.205 e. The van der Waals surface area contributed by atoms with E-state index >= 15 is 0 Å². The van der Waals surface area contributed by atoms with E-state index in [1.54, 1.807) is 12.1 Å². The zero-order chi connectivity index (χ0) is 13.6. The molecule has 1 aliphatic rings. The molecule has 1 heterocycles. The van der Waals surface area contributed by atoms with Crippen LogP contribution in [0.15, 0.2) is 28.0 Å². The minimum absolute atomic E-state index is 0.00738. The molecule has 0 saturated heterocycles. The van der Waals surface area contributed by atoms with Gasteiger partial charge in [0, 0.05) is 5.75 Å². The maximum absolute atomic E-state index is 12.2. The number of sulfone groups is 2. The Morgan fingerprint density at radius 2 is 1.94 bits per heavy atom. The van der Waals surface area contributed by atoms with Crippen LogP contribution >= 0.6 is 11.6 Å². The van der Waals surface area contributed by atoms with E-state index in [4.69, 9.17) is 11.6 Å². The Kier molecular flexibility index (Phi) is 3.29. The van der Waals surface area contributed by atoms with E-state index in [1.165, 1.54) is 19.1 Å². The van der Waals surface area contributed by atoms with Crippen LogP contribution in [0.1, 0.15) is 12.5 Å². The van der Waals surface area contributed by atoms with Crippen LogP contribution in [0.3, 0.4) is 0 Å². The van der Waals surface area contributed by atoms with Crippen molar-refractivity contribution < 1.29 is 16.8 Å². The van der Waals surface area contributed by atoms with Crippen molar-refractivity contribution in [2.24, 2.45) is 0 Å². The SMILES string of the molecule is CCS(=O)(=O)CC1=Cc2cccc(Cl)c2S1(=O)=O. The summed E-state index contributed by atoms with van der Waals surface area (Å²) in [6.45, 7) is 1.48. The molecule has 1 aromatic rings. The maximum Gasteiger partial charge on any atom is 0.205 e. The Morgan fingerprint density at radius 3 is 2.50 bits per heavy atom. The molecule has 0 aliphatic carbocycles. The van der Waals surface area contributed by atoms with Crippen molar-refractivity contribution >= 4 is 37.4 Å². The monoisotopic (exact) mass is 306 g/mol. The van der Waals surface area contributed by atoms with Crippen molar-refractivity contribution in [1.29, 1.82) is 0 Å². The lowest BCUT2D eigenvalue weighted by atomic mass is 10.2. The third-order valence-electron chi connectivity index (χ3n) is 2.73. The average molecular weight is 307 g/mol. The van der Waals surface area contributed by atoms with E-state index in [0.717, 1.165) is 0 Å². The first-order chi connectivity index (χ1) is 8.28. The molecule has 0 N–H and O–H groups in total. The molecule has 98 valence electrons. The van der Waals surface area contributed by atoms with Gasteiger partial charge < -0.3 is 0 Å². The van der Waals surface area contributed by atoms with Gasteiger partial charge in [0.2, 0.25) is 9.84 Å². The van der Waals surface area contributed by atoms with E-state index in [1.807, 2.05) is 0 Å². The Balaban J connectivity index is 2.55. The summed E-state index contributed by atoms with van der Waals surface area (Å²) in [6, 6.07) is 4.71. The molecule has 1 aliphatic heterocycles. The summed E-state index contributed by atoms with van der Waals surface area (Å²) in [5.74, 6) is -0.569. The summed E-state index contributed by atoms with van der Waals surface area (Å²) in [5, 5.41) is 0.118. The Bertz CT molecular complexity index is 730. The summed E-state index contributed by atoms with van der Waals surface area (Å²) < 4.78 is 47.4. The molecular formula is C11H11ClO4S2. The number of hydrogen-bond acceptors (Lipinski definition) is 4. The van der Waals surface area contributed by atoms with Gasteiger partial charge in [-0.1, -0.05) is 30.7 Å². The van der Waals surface area contributed by atoms with E-state index in [2.05, 4.69) is 0 Å². The third-order valence-corrected chi connectivity index (χ3v) is 6.92. The molecule has 0 aromatic heterocycles. The van der Waals surface area contributed by atoms with Crippen LogP contribution in [0, 0.1) is 0 Å². The van der Waals surface area contributed by atoms with Crippen molar-refractivity contribution in [2.45, 2.75) is 11.8 Å². The molecular weight excluding hydrogens is 296 g/mol. The highest BCUT2D eigenvalue weighted by Gasteiger charge is 2.33. The van der Waals surface area contributed by atoms with Crippen LogP contribution < -0.4 is 0 Å². The van der Waals surface area contributed by atoms with Gasteiger partial charge in [0.15, 0.2) is 9.84 Å². The zero-order valence-corrected chi connectivity index (χ0v) is 11.9. The normalized spacial score (nSPS) is 17.3. The van der Waals surface area contributed by atoms with Gasteiger partial charge in [0.25, 0.3) is 0 Å². The second kappa shape index (κ2) is 4.36. The van der Waals surface area contributed by atoms with Gasteiger partial charge in [0.05, 0.1) is 20.6 Å². The van der Waals surface area contributed by atoms with Crippen LogP contribution in [0.5, 0.6) is 0 Å². The molecule has 0 bridgehead atoms. The summed E-state index contributed by atoms with van der Waals surface area (Å²) in [5.41, 5.74) is 0.448. The minimum Gasteiger partial charge on any atom is -0.228 e. The van der Waals surface area contributed by atoms with E-state index in [9.17, 15) is 16.8 Å². The van der Waals surface area contributed by atoms with Gasteiger partial charge in [-0.05, 0) is 17.7 Å². The number of hydrogen-bond donors (Lipinski definition) is 0. The van der Waals surface area contributed by atoms with Crippen molar-refractivity contribution in [3.63, 3.8) is 0 Å². The first-order valence-corrected chi connectivity index (χ1v) is 8.91. The van der Waals surface area contributed by atoms with E-state index < -0.39 is 25.4 Å². The molecule has 0 atom stereocenters. The molecule has 0 radical (unpaired) electrons. The summed E-state index contributed by atoms with van der Waals surface area (Å²) in [6.07, 6.45) is 1.38. The van der Waals surface area contributed by atoms with Crippen molar-refractivity contribution in [2.75, 3.05) is 11.5 Å². The molecule has 0 saturated carbocycles. The minimum atomic E-state index is -3.77. The van der Waals surface area contributed by atoms with Crippen LogP contribution in [0.4, 0.5) is 0 Å². The van der Waals surface area contributed by atoms with Crippen molar-refractivity contribution in [3.8, 4) is 0 Å². The van der Waals surface area contributed by atoms with Gasteiger partial charge in [-0.3, -0.25) is 0 Å². The van der Waals surface area contributed by atoms with Crippen LogP contribution in [0.2, 0.25) is 5.02 Å². The van der Waals surface area contributed by atoms with Crippen LogP contribution in [-0.4, -0.2) is 28.3 Å². The van der Waals surface area contributed by atoms with E-state index in [0.29, 0.717) is 5.56 Å². The first kappa shape index (κ1) is 13.6. The Labute approximate surface area is 111 Å². The summed E-state index contributed by atoms with van der Waals surface area (Å²) >= 11 is 5.86. The molecule has 0 fully saturated rings. The molecule has 7 heteroatoms. The lowest BCUT2D eigenvalue weighted by Crippen LogP contribution is -2.15. The summed E-state index contributed by atoms with van der Waals surface area (Å²) in [7, 11) is -7.17. The Morgan fingerprint density at radius 1 is 1.28 bits per heavy atom. The van der Waals surface area contributed by atoms with Crippen LogP contribution in [-0.2, 0) is 19.7 Å². The summed E-state index contributed by atoms with van der Waals surface area (Å²) in [4.78, 5) is -0.0968. The van der Waals surface area contributed by atoms with Crippen molar-refractivity contribution in [3.05, 3.63) is 33.7 Å². The van der Waals surface area contributed by atoms with Gasteiger partial charge >= 0.3 is 0 Å². The predicted octanol–water partition coefficient (Wildman–Crippen LogP) is 1.90. The van der Waals surface area contributed by atoms with Gasteiger partial charge in [0.1, 0.15) is 0 Å².